The molecule has 2 N–H and O–H groups in total. The van der Waals surface area contributed by atoms with Gasteiger partial charge in [0, 0.05) is 61.0 Å². The van der Waals surface area contributed by atoms with Gasteiger partial charge in [-0.2, -0.15) is 0 Å². The molecule has 238 valence electrons. The minimum Gasteiger partial charge on any atom is -0.359 e. The number of urea groups is 1. The van der Waals surface area contributed by atoms with Gasteiger partial charge in [0.15, 0.2) is 5.82 Å². The second-order valence-corrected chi connectivity index (χ2v) is 12.9. The molecular weight excluding hydrogens is 585 g/mol. The van der Waals surface area contributed by atoms with Crippen LogP contribution >= 0.6 is 0 Å². The number of nitrogens with one attached hydrogen (secondary N) is 2. The number of halogens is 1. The number of nitrogens with zero attached hydrogens (tertiary/aromatic N) is 5. The van der Waals surface area contributed by atoms with Crippen LogP contribution in [0.4, 0.5) is 20.7 Å². The number of aromatic nitrogens is 3. The summed E-state index contributed by atoms with van der Waals surface area (Å²) in [6.07, 6.45) is 3.58. The summed E-state index contributed by atoms with van der Waals surface area (Å²) in [5, 5.41) is 8.95. The minimum atomic E-state index is -0.635. The Morgan fingerprint density at radius 2 is 1.61 bits per heavy atom. The predicted octanol–water partition coefficient (Wildman–Crippen LogP) is 6.90. The van der Waals surface area contributed by atoms with Crippen LogP contribution in [0.1, 0.15) is 50.7 Å². The van der Waals surface area contributed by atoms with Crippen molar-refractivity contribution in [1.29, 1.82) is 0 Å². The molecule has 0 radical (unpaired) electrons. The molecule has 0 atom stereocenters. The van der Waals surface area contributed by atoms with Crippen LogP contribution in [0, 0.1) is 5.82 Å². The molecule has 11 heteroatoms. The Morgan fingerprint density at radius 1 is 0.891 bits per heavy atom. The molecule has 2 aromatic carbocycles. The van der Waals surface area contributed by atoms with Gasteiger partial charge in [-0.05, 0) is 61.4 Å². The zero-order valence-corrected chi connectivity index (χ0v) is 26.7. The van der Waals surface area contributed by atoms with Gasteiger partial charge < -0.3 is 14.7 Å². The van der Waals surface area contributed by atoms with Gasteiger partial charge in [0.05, 0.1) is 17.6 Å². The van der Waals surface area contributed by atoms with Crippen LogP contribution in [-0.4, -0.2) is 68.5 Å². The first-order chi connectivity index (χ1) is 22.0. The van der Waals surface area contributed by atoms with Crippen LogP contribution in [0.2, 0.25) is 0 Å². The second kappa shape index (κ2) is 12.4. The summed E-state index contributed by atoms with van der Waals surface area (Å²) in [5.74, 6) is 0.327. The molecule has 1 fully saturated rings. The van der Waals surface area contributed by atoms with E-state index in [1.54, 1.807) is 18.3 Å². The Hall–Kier alpha value is -5.03. The van der Waals surface area contributed by atoms with Gasteiger partial charge in [0.1, 0.15) is 17.2 Å². The molecule has 6 rings (SSSR count). The van der Waals surface area contributed by atoms with Crippen LogP contribution in [0.25, 0.3) is 28.0 Å². The molecule has 0 spiro atoms. The first kappa shape index (κ1) is 31.0. The van der Waals surface area contributed by atoms with Gasteiger partial charge in [-0.15, -0.1) is 0 Å². The van der Waals surface area contributed by atoms with Crippen LogP contribution in [0.3, 0.4) is 0 Å². The van der Waals surface area contributed by atoms with Crippen LogP contribution in [0.15, 0.2) is 77.6 Å². The van der Waals surface area contributed by atoms with E-state index >= 15 is 4.39 Å². The molecule has 1 aliphatic rings. The van der Waals surface area contributed by atoms with Crippen molar-refractivity contribution in [3.05, 3.63) is 90.2 Å². The third-order valence-corrected chi connectivity index (χ3v) is 8.31. The van der Waals surface area contributed by atoms with Gasteiger partial charge in [0.2, 0.25) is 0 Å². The van der Waals surface area contributed by atoms with E-state index in [1.165, 1.54) is 12.1 Å². The number of amides is 3. The molecule has 1 aliphatic heterocycles. The monoisotopic (exact) mass is 623 g/mol. The number of benzene rings is 2. The largest absolute Gasteiger partial charge is 0.359 e. The highest BCUT2D eigenvalue weighted by Crippen LogP contribution is 2.29. The van der Waals surface area contributed by atoms with Crippen molar-refractivity contribution in [2.75, 3.05) is 36.8 Å². The summed E-state index contributed by atoms with van der Waals surface area (Å²) in [4.78, 5) is 34.4. The number of carbonyl (C=O) groups excluding carboxylic acids is 2. The highest BCUT2D eigenvalue weighted by Gasteiger charge is 2.24. The van der Waals surface area contributed by atoms with Crippen molar-refractivity contribution in [2.45, 2.75) is 46.1 Å². The van der Waals surface area contributed by atoms with E-state index in [-0.39, 0.29) is 22.8 Å². The quantitative estimate of drug-likeness (QED) is 0.213. The van der Waals surface area contributed by atoms with Gasteiger partial charge in [0.25, 0.3) is 5.91 Å². The molecule has 0 aliphatic carbocycles. The lowest BCUT2D eigenvalue weighted by Gasteiger charge is -2.37. The molecule has 0 bridgehead atoms. The normalized spacial score (nSPS) is 14.2. The standard InChI is InChI=1S/C35H38FN7O3/c1-22(2)41-14-16-42(17-15-41)33(44)24-8-6-23(7-9-24)25-12-13-43-29(21-37-32(43)19-25)26-10-11-28(27(36)18-26)38-34(45)39-31-20-30(46-40-31)35(3,4)5/h6-13,18-22H,14-17H2,1-5H3,(H2,38,39,40,45). The van der Waals surface area contributed by atoms with E-state index < -0.39 is 11.8 Å². The number of carbonyl (C=O) groups is 2. The van der Waals surface area contributed by atoms with Crippen LogP contribution < -0.4 is 10.6 Å². The van der Waals surface area contributed by atoms with E-state index in [1.807, 2.05) is 72.7 Å². The maximum Gasteiger partial charge on any atom is 0.325 e. The zero-order chi connectivity index (χ0) is 32.6. The number of rotatable bonds is 6. The number of hydrogen-bond donors (Lipinski definition) is 2. The van der Waals surface area contributed by atoms with Gasteiger partial charge >= 0.3 is 6.03 Å². The van der Waals surface area contributed by atoms with Crippen molar-refractivity contribution in [1.82, 2.24) is 24.3 Å². The molecule has 10 nitrogen and oxygen atoms in total. The fourth-order valence-corrected chi connectivity index (χ4v) is 5.54. The molecule has 5 aromatic rings. The van der Waals surface area contributed by atoms with Gasteiger partial charge in [-0.3, -0.25) is 19.4 Å². The van der Waals surface area contributed by atoms with E-state index in [9.17, 15) is 9.59 Å². The second-order valence-electron chi connectivity index (χ2n) is 12.9. The lowest BCUT2D eigenvalue weighted by atomic mass is 9.93. The van der Waals surface area contributed by atoms with Crippen LogP contribution in [0.5, 0.6) is 0 Å². The van der Waals surface area contributed by atoms with E-state index in [0.29, 0.717) is 34.3 Å². The average molecular weight is 624 g/mol. The summed E-state index contributed by atoms with van der Waals surface area (Å²) in [5.41, 5.74) is 4.36. The number of fused-ring (bicyclic) bond motifs is 1. The smallest absolute Gasteiger partial charge is 0.325 e. The fourth-order valence-electron chi connectivity index (χ4n) is 5.54. The number of anilines is 2. The van der Waals surface area contributed by atoms with E-state index in [2.05, 4.69) is 39.5 Å². The number of imidazole rings is 1. The zero-order valence-electron chi connectivity index (χ0n) is 26.7. The van der Waals surface area contributed by atoms with Crippen molar-refractivity contribution < 1.29 is 18.5 Å². The molecule has 1 saturated heterocycles. The highest BCUT2D eigenvalue weighted by molar-refractivity contribution is 5.99. The SMILES string of the molecule is CC(C)N1CCN(C(=O)c2ccc(-c3ccn4c(-c5ccc(NC(=O)Nc6cc(C(C)(C)C)on6)c(F)c5)cnc4c3)cc2)CC1. The van der Waals surface area contributed by atoms with E-state index in [4.69, 9.17) is 4.52 Å². The number of pyridine rings is 1. The Morgan fingerprint density at radius 3 is 2.26 bits per heavy atom. The van der Waals surface area contributed by atoms with Gasteiger partial charge in [-0.25, -0.2) is 14.2 Å². The van der Waals surface area contributed by atoms with E-state index in [0.717, 1.165) is 37.3 Å². The van der Waals surface area contributed by atoms with Crippen LogP contribution in [-0.2, 0) is 5.41 Å². The van der Waals surface area contributed by atoms with Crippen molar-refractivity contribution in [2.24, 2.45) is 0 Å². The van der Waals surface area contributed by atoms with Crippen molar-refractivity contribution >= 4 is 29.1 Å². The van der Waals surface area contributed by atoms with Crippen molar-refractivity contribution in [3.8, 4) is 22.4 Å². The molecule has 0 saturated carbocycles. The molecule has 3 amide bonds. The summed E-state index contributed by atoms with van der Waals surface area (Å²) in [7, 11) is 0. The topological polar surface area (TPSA) is 108 Å². The average Bonchev–Trinajstić information content (AvgIpc) is 3.69. The van der Waals surface area contributed by atoms with Crippen molar-refractivity contribution in [3.63, 3.8) is 0 Å². The maximum absolute atomic E-state index is 15.1. The van der Waals surface area contributed by atoms with Gasteiger partial charge in [-0.1, -0.05) is 44.1 Å². The Kier molecular flexibility index (Phi) is 8.35. The fraction of sp³-hybridized carbons (Fsp3) is 0.314. The summed E-state index contributed by atoms with van der Waals surface area (Å²) < 4.78 is 22.3. The first-order valence-corrected chi connectivity index (χ1v) is 15.4. The molecule has 46 heavy (non-hydrogen) atoms. The molecule has 4 heterocycles. The number of piperazine rings is 1. The minimum absolute atomic E-state index is 0.0247. The molecule has 3 aromatic heterocycles. The molecular formula is C35H38FN7O3. The lowest BCUT2D eigenvalue weighted by Crippen LogP contribution is -2.50. The first-order valence-electron chi connectivity index (χ1n) is 15.4. The lowest BCUT2D eigenvalue weighted by molar-refractivity contribution is 0.0595. The third kappa shape index (κ3) is 6.50. The Balaban J connectivity index is 1.12. The summed E-state index contributed by atoms with van der Waals surface area (Å²) >= 11 is 0. The summed E-state index contributed by atoms with van der Waals surface area (Å²) in [6, 6.07) is 17.7. The predicted molar refractivity (Wildman–Crippen MR) is 176 cm³/mol. The Labute approximate surface area is 267 Å². The third-order valence-electron chi connectivity index (χ3n) is 8.31. The maximum atomic E-state index is 15.1. The number of hydrogen-bond acceptors (Lipinski definition) is 6. The molecule has 0 unspecified atom stereocenters. The highest BCUT2D eigenvalue weighted by atomic mass is 19.1. The summed E-state index contributed by atoms with van der Waals surface area (Å²) in [6.45, 7) is 13.5. The Bertz CT molecular complexity index is 1880.